The van der Waals surface area contributed by atoms with Gasteiger partial charge in [0.2, 0.25) is 0 Å². The lowest BCUT2D eigenvalue weighted by molar-refractivity contribution is 0.658. The lowest BCUT2D eigenvalue weighted by Crippen LogP contribution is -2.24. The molecule has 1 N–H and O–H groups in total. The molecule has 1 unspecified atom stereocenters. The van der Waals surface area contributed by atoms with Crippen molar-refractivity contribution in [3.05, 3.63) is 0 Å². The third-order valence-electron chi connectivity index (χ3n) is 1.92. The molecule has 0 radical (unpaired) electrons. The van der Waals surface area contributed by atoms with Crippen LogP contribution in [0.15, 0.2) is 0 Å². The predicted octanol–water partition coefficient (Wildman–Crippen LogP) is 1.49. The fourth-order valence-electron chi connectivity index (χ4n) is 1.53. The van der Waals surface area contributed by atoms with E-state index in [1.54, 1.807) is 0 Å². The molecule has 0 aromatic carbocycles. The molecule has 0 saturated carbocycles. The van der Waals surface area contributed by atoms with Crippen molar-refractivity contribution < 1.29 is 0 Å². The zero-order chi connectivity index (χ0) is 6.69. The van der Waals surface area contributed by atoms with Crippen molar-refractivity contribution in [2.75, 3.05) is 6.54 Å². The first kappa shape index (κ1) is 7.14. The number of hydrogen-bond donors (Lipinski definition) is 1. The smallest absolute Gasteiger partial charge is 0.135 e. The molecule has 1 nitrogen and oxygen atoms in total. The Morgan fingerprint density at radius 2 is 2.33 bits per heavy atom. The van der Waals surface area contributed by atoms with Crippen molar-refractivity contribution in [1.82, 2.24) is 5.32 Å². The van der Waals surface area contributed by atoms with E-state index in [2.05, 4.69) is 19.0 Å². The Bertz CT molecular complexity index is 77.0. The summed E-state index contributed by atoms with van der Waals surface area (Å²) in [5.41, 5.74) is 0. The highest BCUT2D eigenvalue weighted by molar-refractivity contribution is 6.55. The first-order valence-electron chi connectivity index (χ1n) is 4.02. The molecule has 1 fully saturated rings. The number of hydrogen-bond acceptors (Lipinski definition) is 1. The van der Waals surface area contributed by atoms with E-state index in [1.165, 1.54) is 25.7 Å². The second-order valence-electron chi connectivity index (χ2n) is 3.42. The maximum Gasteiger partial charge on any atom is 0.135 e. The van der Waals surface area contributed by atoms with Crippen LogP contribution >= 0.6 is 0 Å². The van der Waals surface area contributed by atoms with Gasteiger partial charge < -0.3 is 5.32 Å². The third-order valence-corrected chi connectivity index (χ3v) is 1.92. The molecule has 9 heavy (non-hydrogen) atoms. The normalized spacial score (nSPS) is 26.7. The molecule has 0 amide bonds. The molecular weight excluding hydrogens is 109 g/mol. The average Bonchev–Trinajstić information content (AvgIpc) is 2.15. The van der Waals surface area contributed by atoms with Gasteiger partial charge in [-0.1, -0.05) is 20.0 Å². The van der Waals surface area contributed by atoms with Gasteiger partial charge in [-0.3, -0.25) is 0 Å². The maximum atomic E-state index is 3.49. The standard InChI is InChI=1S/C7H16BN/c1-8(2)6-7-4-3-5-9-7/h7,9H,3-6H2,1-2H3. The summed E-state index contributed by atoms with van der Waals surface area (Å²) in [5, 5.41) is 3.49. The van der Waals surface area contributed by atoms with Gasteiger partial charge >= 0.3 is 0 Å². The van der Waals surface area contributed by atoms with E-state index in [4.69, 9.17) is 0 Å². The minimum Gasteiger partial charge on any atom is -0.315 e. The second kappa shape index (κ2) is 3.26. The maximum absolute atomic E-state index is 3.49. The highest BCUT2D eigenvalue weighted by atomic mass is 14.9. The summed E-state index contributed by atoms with van der Waals surface area (Å²) in [6, 6.07) is 0.838. The van der Waals surface area contributed by atoms with E-state index in [0.29, 0.717) is 0 Å². The fourth-order valence-corrected chi connectivity index (χ4v) is 1.53. The highest BCUT2D eigenvalue weighted by Gasteiger charge is 2.15. The van der Waals surface area contributed by atoms with Crippen LogP contribution in [-0.4, -0.2) is 19.3 Å². The molecule has 1 aliphatic rings. The summed E-state index contributed by atoms with van der Waals surface area (Å²) in [4.78, 5) is 0. The van der Waals surface area contributed by atoms with Gasteiger partial charge in [-0.15, -0.1) is 0 Å². The van der Waals surface area contributed by atoms with Crippen LogP contribution in [0.2, 0.25) is 20.0 Å². The quantitative estimate of drug-likeness (QED) is 0.551. The SMILES string of the molecule is CB(C)CC1CCCN1. The molecule has 1 saturated heterocycles. The van der Waals surface area contributed by atoms with Crippen LogP contribution in [0.25, 0.3) is 0 Å². The van der Waals surface area contributed by atoms with Gasteiger partial charge in [-0.2, -0.15) is 0 Å². The molecule has 1 rings (SSSR count). The Kier molecular flexibility index (Phi) is 2.58. The van der Waals surface area contributed by atoms with Crippen LogP contribution < -0.4 is 5.32 Å². The molecule has 0 aliphatic carbocycles. The zero-order valence-corrected chi connectivity index (χ0v) is 6.48. The Balaban J connectivity index is 2.11. The van der Waals surface area contributed by atoms with Gasteiger partial charge in [0.25, 0.3) is 0 Å². The van der Waals surface area contributed by atoms with Crippen LogP contribution in [0.5, 0.6) is 0 Å². The first-order valence-corrected chi connectivity index (χ1v) is 4.02. The van der Waals surface area contributed by atoms with E-state index in [-0.39, 0.29) is 0 Å². The lowest BCUT2D eigenvalue weighted by Gasteiger charge is -2.09. The van der Waals surface area contributed by atoms with Gasteiger partial charge in [0.15, 0.2) is 0 Å². The van der Waals surface area contributed by atoms with Gasteiger partial charge in [0, 0.05) is 6.04 Å². The first-order chi connectivity index (χ1) is 4.29. The largest absolute Gasteiger partial charge is 0.315 e. The average molecular weight is 125 g/mol. The van der Waals surface area contributed by atoms with Gasteiger partial charge in [-0.05, 0) is 19.4 Å². The van der Waals surface area contributed by atoms with E-state index < -0.39 is 0 Å². The Morgan fingerprint density at radius 1 is 1.56 bits per heavy atom. The van der Waals surface area contributed by atoms with Crippen molar-refractivity contribution in [2.45, 2.75) is 38.8 Å². The van der Waals surface area contributed by atoms with Crippen LogP contribution in [-0.2, 0) is 0 Å². The van der Waals surface area contributed by atoms with Gasteiger partial charge in [-0.25, -0.2) is 0 Å². The molecule has 0 spiro atoms. The molecule has 0 aromatic rings. The van der Waals surface area contributed by atoms with E-state index in [0.717, 1.165) is 12.8 Å². The molecule has 1 aliphatic heterocycles. The summed E-state index contributed by atoms with van der Waals surface area (Å²) in [7, 11) is 0. The third kappa shape index (κ3) is 2.40. The molecular formula is C7H16BN. The Hall–Kier alpha value is 0.0249. The van der Waals surface area contributed by atoms with Crippen molar-refractivity contribution in [1.29, 1.82) is 0 Å². The van der Waals surface area contributed by atoms with Crippen LogP contribution in [0, 0.1) is 0 Å². The molecule has 0 bridgehead atoms. The van der Waals surface area contributed by atoms with Gasteiger partial charge in [0.05, 0.1) is 0 Å². The second-order valence-corrected chi connectivity index (χ2v) is 3.42. The molecule has 52 valence electrons. The molecule has 1 atom stereocenters. The van der Waals surface area contributed by atoms with Crippen molar-refractivity contribution in [3.63, 3.8) is 0 Å². The summed E-state index contributed by atoms with van der Waals surface area (Å²) in [6.07, 6.45) is 4.15. The Morgan fingerprint density at radius 3 is 2.78 bits per heavy atom. The summed E-state index contributed by atoms with van der Waals surface area (Å²) in [5.74, 6) is 0. The van der Waals surface area contributed by atoms with E-state index >= 15 is 0 Å². The van der Waals surface area contributed by atoms with Crippen molar-refractivity contribution in [2.24, 2.45) is 0 Å². The predicted molar refractivity (Wildman–Crippen MR) is 43.3 cm³/mol. The highest BCUT2D eigenvalue weighted by Crippen LogP contribution is 2.10. The van der Waals surface area contributed by atoms with E-state index in [1.807, 2.05) is 0 Å². The van der Waals surface area contributed by atoms with Gasteiger partial charge in [0.1, 0.15) is 6.71 Å². The summed E-state index contributed by atoms with van der Waals surface area (Å²) >= 11 is 0. The van der Waals surface area contributed by atoms with Crippen molar-refractivity contribution >= 4 is 6.71 Å². The number of nitrogens with one attached hydrogen (secondary N) is 1. The zero-order valence-electron chi connectivity index (χ0n) is 6.48. The van der Waals surface area contributed by atoms with Crippen LogP contribution in [0.1, 0.15) is 12.8 Å². The van der Waals surface area contributed by atoms with E-state index in [9.17, 15) is 0 Å². The minimum atomic E-state index is 0.838. The minimum absolute atomic E-state index is 0.838. The lowest BCUT2D eigenvalue weighted by atomic mass is 9.50. The fraction of sp³-hybridized carbons (Fsp3) is 1.00. The summed E-state index contributed by atoms with van der Waals surface area (Å²) < 4.78 is 0. The van der Waals surface area contributed by atoms with Crippen molar-refractivity contribution in [3.8, 4) is 0 Å². The molecule has 1 heterocycles. The molecule has 2 heteroatoms. The Labute approximate surface area is 58.3 Å². The monoisotopic (exact) mass is 125 g/mol. The van der Waals surface area contributed by atoms with Crippen LogP contribution in [0.3, 0.4) is 0 Å². The summed E-state index contributed by atoms with van der Waals surface area (Å²) in [6.45, 7) is 6.69. The van der Waals surface area contributed by atoms with Crippen LogP contribution in [0.4, 0.5) is 0 Å². The molecule has 0 aromatic heterocycles. The number of rotatable bonds is 2. The topological polar surface area (TPSA) is 12.0 Å².